The fourth-order valence-electron chi connectivity index (χ4n) is 4.44. The third-order valence-corrected chi connectivity index (χ3v) is 6.46. The topological polar surface area (TPSA) is 117 Å². The molecule has 2 aromatic carbocycles. The number of anilines is 1. The third-order valence-electron chi connectivity index (χ3n) is 6.11. The van der Waals surface area contributed by atoms with Gasteiger partial charge in [-0.3, -0.25) is 9.59 Å². The predicted octanol–water partition coefficient (Wildman–Crippen LogP) is 3.25. The first kappa shape index (κ1) is 21.9. The standard InChI is InChI=1S/C23H20ClN5O5/c1-12-8-13(26-14-6-4-5-7-15(14)29-11-25-27-28-29)9-18(30)23(12)22(31)19-16(32-2)10-17(33-3)20(24)21(19)34-23/h4-7,9-12,26H,8H2,1-3H3. The van der Waals surface area contributed by atoms with Crippen LogP contribution in [-0.2, 0) is 4.79 Å². The number of nitrogens with one attached hydrogen (secondary N) is 1. The van der Waals surface area contributed by atoms with E-state index in [-0.39, 0.29) is 27.8 Å². The van der Waals surface area contributed by atoms with Gasteiger partial charge < -0.3 is 19.5 Å². The maximum Gasteiger partial charge on any atom is 0.236 e. The number of nitrogens with zero attached hydrogens (tertiary/aromatic N) is 4. The molecule has 1 N–H and O–H groups in total. The molecule has 1 spiro atoms. The van der Waals surface area contributed by atoms with Crippen molar-refractivity contribution >= 4 is 28.9 Å². The van der Waals surface area contributed by atoms with E-state index in [0.717, 1.165) is 0 Å². The van der Waals surface area contributed by atoms with Crippen molar-refractivity contribution in [3.63, 3.8) is 0 Å². The number of para-hydroxylation sites is 2. The summed E-state index contributed by atoms with van der Waals surface area (Å²) < 4.78 is 18.2. The van der Waals surface area contributed by atoms with Gasteiger partial charge in [0.05, 0.1) is 25.6 Å². The summed E-state index contributed by atoms with van der Waals surface area (Å²) in [6.45, 7) is 1.79. The molecule has 0 amide bonds. The summed E-state index contributed by atoms with van der Waals surface area (Å²) in [4.78, 5) is 27.1. The van der Waals surface area contributed by atoms with Crippen LogP contribution in [0.3, 0.4) is 0 Å². The van der Waals surface area contributed by atoms with Crippen molar-refractivity contribution in [2.45, 2.75) is 18.9 Å². The van der Waals surface area contributed by atoms with Gasteiger partial charge in [0.15, 0.2) is 5.75 Å². The minimum Gasteiger partial charge on any atom is -0.496 e. The number of methoxy groups -OCH3 is 2. The van der Waals surface area contributed by atoms with Crippen molar-refractivity contribution in [1.82, 2.24) is 20.2 Å². The summed E-state index contributed by atoms with van der Waals surface area (Å²) >= 11 is 6.43. The van der Waals surface area contributed by atoms with E-state index in [0.29, 0.717) is 23.5 Å². The van der Waals surface area contributed by atoms with Crippen LogP contribution in [0.25, 0.3) is 5.69 Å². The molecule has 3 aromatic rings. The molecule has 0 saturated heterocycles. The number of hydrogen-bond donors (Lipinski definition) is 1. The second kappa shape index (κ2) is 8.14. The van der Waals surface area contributed by atoms with Crippen molar-refractivity contribution < 1.29 is 23.8 Å². The lowest BCUT2D eigenvalue weighted by molar-refractivity contribution is -0.129. The van der Waals surface area contributed by atoms with Crippen molar-refractivity contribution in [3.05, 3.63) is 59.0 Å². The summed E-state index contributed by atoms with van der Waals surface area (Å²) in [6.07, 6.45) is 3.25. The Labute approximate surface area is 199 Å². The van der Waals surface area contributed by atoms with E-state index in [1.165, 1.54) is 37.4 Å². The number of halogens is 1. The van der Waals surface area contributed by atoms with E-state index in [1.54, 1.807) is 6.92 Å². The Morgan fingerprint density at radius 3 is 2.65 bits per heavy atom. The molecule has 2 heterocycles. The predicted molar refractivity (Wildman–Crippen MR) is 122 cm³/mol. The first-order valence-electron chi connectivity index (χ1n) is 10.4. The molecule has 10 nitrogen and oxygen atoms in total. The quantitative estimate of drug-likeness (QED) is 0.548. The Balaban J connectivity index is 1.51. The fourth-order valence-corrected chi connectivity index (χ4v) is 4.70. The van der Waals surface area contributed by atoms with E-state index in [4.69, 9.17) is 25.8 Å². The maximum atomic E-state index is 13.6. The number of hydrogen-bond acceptors (Lipinski definition) is 9. The van der Waals surface area contributed by atoms with Crippen LogP contribution in [0.2, 0.25) is 5.02 Å². The van der Waals surface area contributed by atoms with E-state index in [1.807, 2.05) is 24.3 Å². The Morgan fingerprint density at radius 2 is 1.97 bits per heavy atom. The van der Waals surface area contributed by atoms with Crippen molar-refractivity contribution in [2.75, 3.05) is 19.5 Å². The van der Waals surface area contributed by atoms with Gasteiger partial charge in [0.1, 0.15) is 28.4 Å². The molecule has 0 bridgehead atoms. The summed E-state index contributed by atoms with van der Waals surface area (Å²) in [5, 5.41) is 14.7. The smallest absolute Gasteiger partial charge is 0.236 e. The molecule has 2 unspecified atom stereocenters. The normalized spacial score (nSPS) is 21.2. The zero-order valence-electron chi connectivity index (χ0n) is 18.5. The molecule has 1 aromatic heterocycles. The van der Waals surface area contributed by atoms with Gasteiger partial charge in [0.25, 0.3) is 0 Å². The molecule has 0 radical (unpaired) electrons. The Bertz CT molecular complexity index is 1340. The summed E-state index contributed by atoms with van der Waals surface area (Å²) in [5.41, 5.74) is 0.451. The first-order valence-corrected chi connectivity index (χ1v) is 10.8. The van der Waals surface area contributed by atoms with Crippen LogP contribution in [0, 0.1) is 5.92 Å². The zero-order chi connectivity index (χ0) is 24.0. The molecule has 2 atom stereocenters. The van der Waals surface area contributed by atoms with Crippen molar-refractivity contribution in [3.8, 4) is 22.9 Å². The number of allylic oxidation sites excluding steroid dienone is 1. The van der Waals surface area contributed by atoms with Gasteiger partial charge in [-0.25, -0.2) is 0 Å². The SMILES string of the molecule is COc1cc(OC)c2c(c1Cl)OC1(C(=O)C=C(Nc3ccccc3-n3cnnn3)CC1C)C2=O. The van der Waals surface area contributed by atoms with Gasteiger partial charge in [-0.1, -0.05) is 30.7 Å². The molecule has 0 saturated carbocycles. The highest BCUT2D eigenvalue weighted by Gasteiger charge is 2.60. The number of ketones is 2. The van der Waals surface area contributed by atoms with Crippen molar-refractivity contribution in [2.24, 2.45) is 5.92 Å². The van der Waals surface area contributed by atoms with Crippen LogP contribution in [0.1, 0.15) is 23.7 Å². The number of carbonyl (C=O) groups is 2. The number of aromatic nitrogens is 4. The fraction of sp³-hybridized carbons (Fsp3) is 0.261. The molecule has 1 aliphatic heterocycles. The lowest BCUT2D eigenvalue weighted by Crippen LogP contribution is -2.55. The highest BCUT2D eigenvalue weighted by molar-refractivity contribution is 6.36. The highest BCUT2D eigenvalue weighted by Crippen LogP contribution is 2.53. The van der Waals surface area contributed by atoms with Crippen LogP contribution in [0.4, 0.5) is 5.69 Å². The van der Waals surface area contributed by atoms with Gasteiger partial charge in [0.2, 0.25) is 17.2 Å². The van der Waals surface area contributed by atoms with Crippen LogP contribution in [0.5, 0.6) is 17.2 Å². The number of ether oxygens (including phenoxy) is 3. The Kier molecular flexibility index (Phi) is 5.24. The molecule has 1 aliphatic carbocycles. The molecular formula is C23H20ClN5O5. The summed E-state index contributed by atoms with van der Waals surface area (Å²) in [7, 11) is 2.87. The third kappa shape index (κ3) is 3.13. The molecule has 174 valence electrons. The number of rotatable bonds is 5. The van der Waals surface area contributed by atoms with E-state index in [2.05, 4.69) is 20.8 Å². The Hall–Kier alpha value is -3.92. The van der Waals surface area contributed by atoms with E-state index >= 15 is 0 Å². The second-order valence-electron chi connectivity index (χ2n) is 8.00. The van der Waals surface area contributed by atoms with Gasteiger partial charge in [-0.05, 0) is 29.0 Å². The zero-order valence-corrected chi connectivity index (χ0v) is 19.3. The number of carbonyl (C=O) groups excluding carboxylic acids is 2. The summed E-state index contributed by atoms with van der Waals surface area (Å²) in [5.74, 6) is -0.842. The average molecular weight is 482 g/mol. The van der Waals surface area contributed by atoms with Gasteiger partial charge >= 0.3 is 0 Å². The number of Topliss-reactive ketones (excluding diaryl/α,β-unsaturated/α-hetero) is 1. The van der Waals surface area contributed by atoms with E-state index < -0.39 is 23.1 Å². The van der Waals surface area contributed by atoms with Gasteiger partial charge in [-0.15, -0.1) is 5.10 Å². The molecule has 11 heteroatoms. The number of benzene rings is 2. The van der Waals surface area contributed by atoms with Crippen molar-refractivity contribution in [1.29, 1.82) is 0 Å². The Morgan fingerprint density at radius 1 is 1.21 bits per heavy atom. The largest absolute Gasteiger partial charge is 0.496 e. The van der Waals surface area contributed by atoms with Crippen LogP contribution in [-0.4, -0.2) is 51.6 Å². The summed E-state index contributed by atoms with van der Waals surface area (Å²) in [6, 6.07) is 8.92. The lowest BCUT2D eigenvalue weighted by atomic mass is 9.74. The van der Waals surface area contributed by atoms with Gasteiger partial charge in [-0.2, -0.15) is 4.68 Å². The minimum atomic E-state index is -1.73. The van der Waals surface area contributed by atoms with Crippen LogP contribution < -0.4 is 19.5 Å². The monoisotopic (exact) mass is 481 g/mol. The van der Waals surface area contributed by atoms with Crippen LogP contribution in [0.15, 0.2) is 48.4 Å². The average Bonchev–Trinajstić information content (AvgIpc) is 3.47. The number of fused-ring (bicyclic) bond motifs is 1. The molecular weight excluding hydrogens is 462 g/mol. The van der Waals surface area contributed by atoms with Gasteiger partial charge in [0, 0.05) is 23.8 Å². The molecule has 2 aliphatic rings. The maximum absolute atomic E-state index is 13.6. The highest BCUT2D eigenvalue weighted by atomic mass is 35.5. The lowest BCUT2D eigenvalue weighted by Gasteiger charge is -2.35. The van der Waals surface area contributed by atoms with E-state index in [9.17, 15) is 9.59 Å². The molecule has 0 fully saturated rings. The minimum absolute atomic E-state index is 0.0944. The molecule has 5 rings (SSSR count). The second-order valence-corrected chi connectivity index (χ2v) is 8.38. The first-order chi connectivity index (χ1) is 16.4. The number of tetrazole rings is 1. The molecule has 34 heavy (non-hydrogen) atoms. The van der Waals surface area contributed by atoms with Crippen LogP contribution >= 0.6 is 11.6 Å².